The van der Waals surface area contributed by atoms with Crippen LogP contribution >= 0.6 is 0 Å². The van der Waals surface area contributed by atoms with Crippen molar-refractivity contribution in [3.8, 4) is 11.5 Å². The van der Waals surface area contributed by atoms with Gasteiger partial charge in [-0.3, -0.25) is 0 Å². The van der Waals surface area contributed by atoms with Crippen LogP contribution in [0.5, 0.6) is 11.5 Å². The van der Waals surface area contributed by atoms with Gasteiger partial charge in [-0.05, 0) is 35.7 Å². The number of anilines is 2. The highest BCUT2D eigenvalue weighted by atomic mass is 16.5. The summed E-state index contributed by atoms with van der Waals surface area (Å²) in [5, 5.41) is 0. The molecule has 21 heavy (non-hydrogen) atoms. The molecule has 0 radical (unpaired) electrons. The highest BCUT2D eigenvalue weighted by molar-refractivity contribution is 5.74. The highest BCUT2D eigenvalue weighted by Gasteiger charge is 2.21. The zero-order valence-corrected chi connectivity index (χ0v) is 12.4. The largest absolute Gasteiger partial charge is 0.493 e. The number of para-hydroxylation sites is 1. The van der Waals surface area contributed by atoms with Crippen LogP contribution in [0.25, 0.3) is 0 Å². The first-order valence-corrected chi connectivity index (χ1v) is 7.06. The van der Waals surface area contributed by atoms with Gasteiger partial charge in [-0.15, -0.1) is 0 Å². The van der Waals surface area contributed by atoms with Gasteiger partial charge in [0.15, 0.2) is 11.5 Å². The summed E-state index contributed by atoms with van der Waals surface area (Å²) < 4.78 is 10.6. The Kier molecular flexibility index (Phi) is 3.60. The van der Waals surface area contributed by atoms with Crippen LogP contribution in [0, 0.1) is 0 Å². The van der Waals surface area contributed by atoms with Gasteiger partial charge in [0.1, 0.15) is 0 Å². The maximum atomic E-state index is 6.13. The summed E-state index contributed by atoms with van der Waals surface area (Å²) in [4.78, 5) is 2.33. The summed E-state index contributed by atoms with van der Waals surface area (Å²) in [6, 6.07) is 12.2. The van der Waals surface area contributed by atoms with Crippen molar-refractivity contribution in [2.24, 2.45) is 0 Å². The molecule has 0 unspecified atom stereocenters. The predicted octanol–water partition coefficient (Wildman–Crippen LogP) is 2.85. The molecule has 0 saturated carbocycles. The van der Waals surface area contributed by atoms with Crippen molar-refractivity contribution in [2.45, 2.75) is 13.0 Å². The van der Waals surface area contributed by atoms with Crippen molar-refractivity contribution in [2.75, 3.05) is 31.4 Å². The average Bonchev–Trinajstić information content (AvgIpc) is 2.91. The first kappa shape index (κ1) is 13.6. The number of benzene rings is 2. The van der Waals surface area contributed by atoms with E-state index in [1.165, 1.54) is 16.8 Å². The number of rotatable bonds is 4. The van der Waals surface area contributed by atoms with E-state index in [0.717, 1.165) is 36.7 Å². The molecule has 0 saturated heterocycles. The standard InChI is InChI=1S/C17H20N2O2/c1-20-15-7-6-12(10-16(15)21-2)11-19-9-8-13-4-3-5-14(18)17(13)19/h3-7,10H,8-9,11,18H2,1-2H3. The Morgan fingerprint density at radius 3 is 2.67 bits per heavy atom. The van der Waals surface area contributed by atoms with E-state index in [9.17, 15) is 0 Å². The van der Waals surface area contributed by atoms with Crippen LogP contribution in [0.4, 0.5) is 11.4 Å². The van der Waals surface area contributed by atoms with Gasteiger partial charge in [0.25, 0.3) is 0 Å². The maximum Gasteiger partial charge on any atom is 0.161 e. The molecule has 0 fully saturated rings. The molecule has 4 nitrogen and oxygen atoms in total. The minimum atomic E-state index is 0.752. The summed E-state index contributed by atoms with van der Waals surface area (Å²) in [7, 11) is 3.31. The van der Waals surface area contributed by atoms with E-state index in [2.05, 4.69) is 17.0 Å². The van der Waals surface area contributed by atoms with Gasteiger partial charge in [0, 0.05) is 13.1 Å². The van der Waals surface area contributed by atoms with Gasteiger partial charge in [0.2, 0.25) is 0 Å². The Morgan fingerprint density at radius 2 is 1.90 bits per heavy atom. The molecule has 110 valence electrons. The molecular formula is C17H20N2O2. The summed E-state index contributed by atoms with van der Waals surface area (Å²) >= 11 is 0. The minimum absolute atomic E-state index is 0.752. The van der Waals surface area contributed by atoms with E-state index in [0.29, 0.717) is 0 Å². The molecule has 0 spiro atoms. The zero-order chi connectivity index (χ0) is 14.8. The fourth-order valence-corrected chi connectivity index (χ4v) is 2.92. The van der Waals surface area contributed by atoms with E-state index in [-0.39, 0.29) is 0 Å². The number of methoxy groups -OCH3 is 2. The number of nitrogen functional groups attached to an aromatic ring is 1. The van der Waals surface area contributed by atoms with Crippen molar-refractivity contribution in [3.05, 3.63) is 47.5 Å². The first-order chi connectivity index (χ1) is 10.2. The lowest BCUT2D eigenvalue weighted by Gasteiger charge is -2.21. The number of hydrogen-bond acceptors (Lipinski definition) is 4. The number of nitrogens with zero attached hydrogens (tertiary/aromatic N) is 1. The van der Waals surface area contributed by atoms with Crippen LogP contribution in [-0.4, -0.2) is 20.8 Å². The van der Waals surface area contributed by atoms with Crippen molar-refractivity contribution >= 4 is 11.4 Å². The summed E-state index contributed by atoms with van der Waals surface area (Å²) in [5.41, 5.74) is 10.7. The van der Waals surface area contributed by atoms with Gasteiger partial charge in [-0.2, -0.15) is 0 Å². The van der Waals surface area contributed by atoms with Gasteiger partial charge in [-0.25, -0.2) is 0 Å². The van der Waals surface area contributed by atoms with Crippen LogP contribution in [0.1, 0.15) is 11.1 Å². The van der Waals surface area contributed by atoms with E-state index in [1.54, 1.807) is 14.2 Å². The fourth-order valence-electron chi connectivity index (χ4n) is 2.92. The van der Waals surface area contributed by atoms with Gasteiger partial charge in [0.05, 0.1) is 25.6 Å². The summed E-state index contributed by atoms with van der Waals surface area (Å²) in [6.07, 6.45) is 1.05. The molecule has 0 bridgehead atoms. The Balaban J connectivity index is 1.86. The Bertz CT molecular complexity index is 655. The van der Waals surface area contributed by atoms with Crippen molar-refractivity contribution in [1.82, 2.24) is 0 Å². The van der Waals surface area contributed by atoms with Crippen LogP contribution < -0.4 is 20.1 Å². The zero-order valence-electron chi connectivity index (χ0n) is 12.4. The van der Waals surface area contributed by atoms with E-state index in [1.807, 2.05) is 24.3 Å². The second-order valence-corrected chi connectivity index (χ2v) is 5.22. The van der Waals surface area contributed by atoms with Gasteiger partial charge in [-0.1, -0.05) is 18.2 Å². The molecule has 2 aromatic carbocycles. The number of nitrogens with two attached hydrogens (primary N) is 1. The van der Waals surface area contributed by atoms with Crippen LogP contribution in [0.15, 0.2) is 36.4 Å². The molecule has 0 amide bonds. The molecule has 1 aliphatic rings. The number of ether oxygens (including phenoxy) is 2. The summed E-state index contributed by atoms with van der Waals surface area (Å²) in [6.45, 7) is 1.82. The van der Waals surface area contributed by atoms with Crippen molar-refractivity contribution in [1.29, 1.82) is 0 Å². The second kappa shape index (κ2) is 5.56. The van der Waals surface area contributed by atoms with Gasteiger partial charge < -0.3 is 20.1 Å². The normalized spacial score (nSPS) is 13.1. The molecule has 2 N–H and O–H groups in total. The van der Waals surface area contributed by atoms with Crippen LogP contribution in [0.3, 0.4) is 0 Å². The summed E-state index contributed by atoms with van der Waals surface area (Å²) in [5.74, 6) is 1.51. The van der Waals surface area contributed by atoms with Crippen LogP contribution in [-0.2, 0) is 13.0 Å². The molecule has 0 aromatic heterocycles. The number of fused-ring (bicyclic) bond motifs is 1. The van der Waals surface area contributed by atoms with Crippen LogP contribution in [0.2, 0.25) is 0 Å². The lowest BCUT2D eigenvalue weighted by Crippen LogP contribution is -2.20. The number of hydrogen-bond donors (Lipinski definition) is 1. The minimum Gasteiger partial charge on any atom is -0.493 e. The molecule has 1 heterocycles. The molecule has 2 aromatic rings. The molecule has 3 rings (SSSR count). The molecule has 0 atom stereocenters. The topological polar surface area (TPSA) is 47.7 Å². The Labute approximate surface area is 125 Å². The van der Waals surface area contributed by atoms with E-state index < -0.39 is 0 Å². The van der Waals surface area contributed by atoms with Crippen molar-refractivity contribution in [3.63, 3.8) is 0 Å². The van der Waals surface area contributed by atoms with Crippen molar-refractivity contribution < 1.29 is 9.47 Å². The smallest absolute Gasteiger partial charge is 0.161 e. The molecule has 4 heteroatoms. The third-order valence-electron chi connectivity index (χ3n) is 3.94. The SMILES string of the molecule is COc1ccc(CN2CCc3cccc(N)c32)cc1OC. The van der Waals surface area contributed by atoms with E-state index in [4.69, 9.17) is 15.2 Å². The third kappa shape index (κ3) is 2.49. The average molecular weight is 284 g/mol. The molecule has 0 aliphatic carbocycles. The van der Waals surface area contributed by atoms with Gasteiger partial charge >= 0.3 is 0 Å². The highest BCUT2D eigenvalue weighted by Crippen LogP contribution is 2.35. The Hall–Kier alpha value is -2.36. The maximum absolute atomic E-state index is 6.13. The molecule has 1 aliphatic heterocycles. The monoisotopic (exact) mass is 284 g/mol. The third-order valence-corrected chi connectivity index (χ3v) is 3.94. The Morgan fingerprint density at radius 1 is 1.10 bits per heavy atom. The second-order valence-electron chi connectivity index (χ2n) is 5.22. The quantitative estimate of drug-likeness (QED) is 0.877. The fraction of sp³-hybridized carbons (Fsp3) is 0.294. The lowest BCUT2D eigenvalue weighted by molar-refractivity contribution is 0.354. The lowest BCUT2D eigenvalue weighted by atomic mass is 10.1. The first-order valence-electron chi connectivity index (χ1n) is 7.06. The van der Waals surface area contributed by atoms with E-state index >= 15 is 0 Å². The predicted molar refractivity (Wildman–Crippen MR) is 85.2 cm³/mol. The molecular weight excluding hydrogens is 264 g/mol.